The topological polar surface area (TPSA) is 18.5 Å². The largest absolute Gasteiger partial charge is 0.489 e. The van der Waals surface area contributed by atoms with Gasteiger partial charge >= 0.3 is 0 Å². The first-order chi connectivity index (χ1) is 10.8. The summed E-state index contributed by atoms with van der Waals surface area (Å²) in [5, 5.41) is 0. The molecule has 0 N–H and O–H groups in total. The minimum Gasteiger partial charge on any atom is -0.489 e. The molecule has 0 saturated heterocycles. The molecule has 0 atom stereocenters. The third-order valence-electron chi connectivity index (χ3n) is 3.74. The molecule has 22 heavy (non-hydrogen) atoms. The molecule has 3 rings (SSSR count). The summed E-state index contributed by atoms with van der Waals surface area (Å²) in [6, 6.07) is 12.6. The zero-order chi connectivity index (χ0) is 15.4. The molecule has 112 valence electrons. The molecule has 2 heteroatoms. The average Bonchev–Trinajstić information content (AvgIpc) is 2.52. The normalized spacial score (nSPS) is 12.7. The van der Waals surface area contributed by atoms with Gasteiger partial charge in [0.25, 0.3) is 0 Å². The van der Waals surface area contributed by atoms with Gasteiger partial charge in [-0.05, 0) is 48.2 Å². The number of allylic oxidation sites excluding steroid dienone is 2. The second-order valence-corrected chi connectivity index (χ2v) is 5.34. The summed E-state index contributed by atoms with van der Waals surface area (Å²) >= 11 is 0. The zero-order valence-corrected chi connectivity index (χ0v) is 12.7. The van der Waals surface area contributed by atoms with Crippen molar-refractivity contribution < 1.29 is 9.47 Å². The molecule has 1 aliphatic heterocycles. The van der Waals surface area contributed by atoms with Gasteiger partial charge in [-0.15, -0.1) is 13.2 Å². The summed E-state index contributed by atoms with van der Waals surface area (Å²) in [5.41, 5.74) is 4.61. The Hall–Kier alpha value is -2.48. The molecular weight excluding hydrogens is 272 g/mol. The third kappa shape index (κ3) is 2.91. The van der Waals surface area contributed by atoms with Gasteiger partial charge in [0.2, 0.25) is 0 Å². The summed E-state index contributed by atoms with van der Waals surface area (Å²) in [6.45, 7) is 8.75. The van der Waals surface area contributed by atoms with Gasteiger partial charge in [-0.3, -0.25) is 0 Å². The van der Waals surface area contributed by atoms with Crippen molar-refractivity contribution >= 4 is 0 Å². The Bertz CT molecular complexity index is 639. The van der Waals surface area contributed by atoms with E-state index in [9.17, 15) is 0 Å². The molecule has 2 aromatic carbocycles. The van der Waals surface area contributed by atoms with Crippen molar-refractivity contribution in [3.8, 4) is 22.6 Å². The van der Waals surface area contributed by atoms with E-state index in [4.69, 9.17) is 9.47 Å². The van der Waals surface area contributed by atoms with Gasteiger partial charge in [0.05, 0.1) is 0 Å². The summed E-state index contributed by atoms with van der Waals surface area (Å²) in [5.74, 6) is 1.82. The standard InChI is InChI=1S/C20H20O2/c1-3-5-15-7-9-19-17(13-15)18-14-16(6-4-2)8-10-20(18)22-12-11-21-19/h3-4,7-10,13-14H,1-2,5-6,11-12H2. The second kappa shape index (κ2) is 6.52. The van der Waals surface area contributed by atoms with Gasteiger partial charge in [0, 0.05) is 11.1 Å². The van der Waals surface area contributed by atoms with Crippen LogP contribution in [-0.2, 0) is 12.8 Å². The molecule has 1 aliphatic rings. The molecule has 0 bridgehead atoms. The van der Waals surface area contributed by atoms with Crippen LogP contribution in [0.4, 0.5) is 0 Å². The van der Waals surface area contributed by atoms with Crippen LogP contribution in [0, 0.1) is 0 Å². The lowest BCUT2D eigenvalue weighted by Gasteiger charge is -2.20. The van der Waals surface area contributed by atoms with E-state index in [2.05, 4.69) is 37.4 Å². The fourth-order valence-corrected chi connectivity index (χ4v) is 2.72. The van der Waals surface area contributed by atoms with Crippen LogP contribution >= 0.6 is 0 Å². The highest BCUT2D eigenvalue weighted by Crippen LogP contribution is 2.39. The SMILES string of the molecule is C=CCc1ccc2c(c1)-c1cc(CC=C)ccc1OCCO2. The first-order valence-corrected chi connectivity index (χ1v) is 7.55. The molecule has 0 aliphatic carbocycles. The van der Waals surface area contributed by atoms with Crippen molar-refractivity contribution in [2.24, 2.45) is 0 Å². The van der Waals surface area contributed by atoms with Crippen molar-refractivity contribution in [3.05, 3.63) is 72.8 Å². The van der Waals surface area contributed by atoms with Crippen molar-refractivity contribution in [2.75, 3.05) is 13.2 Å². The van der Waals surface area contributed by atoms with Gasteiger partial charge < -0.3 is 9.47 Å². The minimum atomic E-state index is 0.557. The van der Waals surface area contributed by atoms with Crippen LogP contribution in [0.15, 0.2) is 61.7 Å². The fourth-order valence-electron chi connectivity index (χ4n) is 2.72. The number of ether oxygens (including phenoxy) is 2. The average molecular weight is 292 g/mol. The molecule has 2 nitrogen and oxygen atoms in total. The van der Waals surface area contributed by atoms with E-state index < -0.39 is 0 Å². The van der Waals surface area contributed by atoms with Crippen LogP contribution in [0.5, 0.6) is 11.5 Å². The van der Waals surface area contributed by atoms with E-state index in [1.165, 1.54) is 11.1 Å². The summed E-state index contributed by atoms with van der Waals surface area (Å²) in [6.07, 6.45) is 5.51. The Balaban J connectivity index is 2.15. The smallest absolute Gasteiger partial charge is 0.127 e. The van der Waals surface area contributed by atoms with Crippen LogP contribution in [-0.4, -0.2) is 13.2 Å². The monoisotopic (exact) mass is 292 g/mol. The Kier molecular flexibility index (Phi) is 4.29. The van der Waals surface area contributed by atoms with E-state index >= 15 is 0 Å². The summed E-state index contributed by atoms with van der Waals surface area (Å²) in [4.78, 5) is 0. The molecule has 0 aromatic heterocycles. The van der Waals surface area contributed by atoms with Gasteiger partial charge in [-0.2, -0.15) is 0 Å². The zero-order valence-electron chi connectivity index (χ0n) is 12.7. The van der Waals surface area contributed by atoms with Crippen LogP contribution in [0.2, 0.25) is 0 Å². The highest BCUT2D eigenvalue weighted by molar-refractivity contribution is 5.77. The minimum absolute atomic E-state index is 0.557. The van der Waals surface area contributed by atoms with E-state index in [-0.39, 0.29) is 0 Å². The van der Waals surface area contributed by atoms with Gasteiger partial charge in [0.15, 0.2) is 0 Å². The molecule has 2 aromatic rings. The Morgan fingerprint density at radius 2 is 1.23 bits per heavy atom. The summed E-state index contributed by atoms with van der Waals surface area (Å²) in [7, 11) is 0. The van der Waals surface area contributed by atoms with E-state index in [0.29, 0.717) is 13.2 Å². The molecule has 0 unspecified atom stereocenters. The molecule has 0 fully saturated rings. The number of hydrogen-bond donors (Lipinski definition) is 0. The highest BCUT2D eigenvalue weighted by Gasteiger charge is 2.16. The van der Waals surface area contributed by atoms with E-state index in [1.54, 1.807) is 0 Å². The lowest BCUT2D eigenvalue weighted by Crippen LogP contribution is -2.12. The van der Waals surface area contributed by atoms with Gasteiger partial charge in [0.1, 0.15) is 24.7 Å². The maximum Gasteiger partial charge on any atom is 0.127 e. The Labute approximate surface area is 131 Å². The lowest BCUT2D eigenvalue weighted by atomic mass is 9.97. The van der Waals surface area contributed by atoms with Crippen molar-refractivity contribution in [1.29, 1.82) is 0 Å². The van der Waals surface area contributed by atoms with Crippen LogP contribution < -0.4 is 9.47 Å². The molecular formula is C20H20O2. The maximum absolute atomic E-state index is 5.85. The van der Waals surface area contributed by atoms with Gasteiger partial charge in [-0.1, -0.05) is 24.3 Å². The summed E-state index contributed by atoms with van der Waals surface area (Å²) < 4.78 is 11.7. The molecule has 0 amide bonds. The van der Waals surface area contributed by atoms with Gasteiger partial charge in [-0.25, -0.2) is 0 Å². The highest BCUT2D eigenvalue weighted by atomic mass is 16.5. The van der Waals surface area contributed by atoms with Crippen molar-refractivity contribution in [1.82, 2.24) is 0 Å². The maximum atomic E-state index is 5.85. The predicted octanol–water partition coefficient (Wildman–Crippen LogP) is 4.58. The fraction of sp³-hybridized carbons (Fsp3) is 0.200. The first-order valence-electron chi connectivity index (χ1n) is 7.55. The number of benzene rings is 2. The second-order valence-electron chi connectivity index (χ2n) is 5.34. The quantitative estimate of drug-likeness (QED) is 0.768. The van der Waals surface area contributed by atoms with Crippen molar-refractivity contribution in [2.45, 2.75) is 12.8 Å². The Morgan fingerprint density at radius 3 is 1.64 bits per heavy atom. The van der Waals surface area contributed by atoms with Crippen LogP contribution in [0.1, 0.15) is 11.1 Å². The molecule has 0 saturated carbocycles. The predicted molar refractivity (Wildman–Crippen MR) is 90.7 cm³/mol. The lowest BCUT2D eigenvalue weighted by molar-refractivity contribution is 0.214. The van der Waals surface area contributed by atoms with Crippen LogP contribution in [0.3, 0.4) is 0 Å². The molecule has 1 heterocycles. The molecule has 0 radical (unpaired) electrons. The van der Waals surface area contributed by atoms with E-state index in [1.807, 2.05) is 24.3 Å². The number of hydrogen-bond acceptors (Lipinski definition) is 2. The molecule has 0 spiro atoms. The Morgan fingerprint density at radius 1 is 0.773 bits per heavy atom. The van der Waals surface area contributed by atoms with Crippen LogP contribution in [0.25, 0.3) is 11.1 Å². The van der Waals surface area contributed by atoms with Crippen molar-refractivity contribution in [3.63, 3.8) is 0 Å². The van der Waals surface area contributed by atoms with E-state index in [0.717, 1.165) is 35.5 Å². The third-order valence-corrected chi connectivity index (χ3v) is 3.74. The first kappa shape index (κ1) is 14.5. The number of fused-ring (bicyclic) bond motifs is 3. The number of rotatable bonds is 4.